The summed E-state index contributed by atoms with van der Waals surface area (Å²) >= 11 is 0. The SMILES string of the molecule is COCCCNC(=O)c1cccc(C(=O)NCCC2=CCCCC2)c1. The summed E-state index contributed by atoms with van der Waals surface area (Å²) in [5.41, 5.74) is 2.46. The van der Waals surface area contributed by atoms with Gasteiger partial charge in [0.2, 0.25) is 0 Å². The Balaban J connectivity index is 1.81. The number of carbonyl (C=O) groups excluding carboxylic acids is 2. The fourth-order valence-corrected chi connectivity index (χ4v) is 2.89. The van der Waals surface area contributed by atoms with Crippen molar-refractivity contribution in [2.75, 3.05) is 26.8 Å². The van der Waals surface area contributed by atoms with Crippen LogP contribution in [0.15, 0.2) is 35.9 Å². The van der Waals surface area contributed by atoms with E-state index < -0.39 is 0 Å². The molecule has 0 aliphatic heterocycles. The van der Waals surface area contributed by atoms with E-state index in [1.165, 1.54) is 18.4 Å². The van der Waals surface area contributed by atoms with Gasteiger partial charge in [-0.2, -0.15) is 0 Å². The van der Waals surface area contributed by atoms with Crippen LogP contribution in [0, 0.1) is 0 Å². The molecule has 1 aromatic rings. The largest absolute Gasteiger partial charge is 0.385 e. The number of rotatable bonds is 9. The standard InChI is InChI=1S/C20H28N2O3/c1-25-14-6-12-21-19(23)17-9-5-10-18(15-17)20(24)22-13-11-16-7-3-2-4-8-16/h5,7,9-10,15H,2-4,6,8,11-14H2,1H3,(H,21,23)(H,22,24). The van der Waals surface area contributed by atoms with Gasteiger partial charge in [-0.1, -0.05) is 17.7 Å². The van der Waals surface area contributed by atoms with E-state index in [4.69, 9.17) is 4.74 Å². The lowest BCUT2D eigenvalue weighted by atomic mass is 9.97. The molecule has 136 valence electrons. The molecule has 25 heavy (non-hydrogen) atoms. The van der Waals surface area contributed by atoms with Crippen molar-refractivity contribution in [3.63, 3.8) is 0 Å². The molecule has 2 rings (SSSR count). The summed E-state index contributed by atoms with van der Waals surface area (Å²) in [6.07, 6.45) is 8.80. The van der Waals surface area contributed by atoms with Crippen LogP contribution in [0.1, 0.15) is 59.2 Å². The fraction of sp³-hybridized carbons (Fsp3) is 0.500. The number of amides is 2. The number of allylic oxidation sites excluding steroid dienone is 1. The first-order valence-corrected chi connectivity index (χ1v) is 9.04. The third kappa shape index (κ3) is 6.70. The highest BCUT2D eigenvalue weighted by molar-refractivity contribution is 5.99. The Bertz CT molecular complexity index is 611. The van der Waals surface area contributed by atoms with Crippen LogP contribution in [-0.2, 0) is 4.74 Å². The summed E-state index contributed by atoms with van der Waals surface area (Å²) < 4.78 is 4.95. The maximum atomic E-state index is 12.3. The molecule has 2 amide bonds. The molecular weight excluding hydrogens is 316 g/mol. The van der Waals surface area contributed by atoms with Crippen LogP contribution in [0.4, 0.5) is 0 Å². The Morgan fingerprint density at radius 3 is 2.44 bits per heavy atom. The van der Waals surface area contributed by atoms with Crippen molar-refractivity contribution < 1.29 is 14.3 Å². The summed E-state index contributed by atoms with van der Waals surface area (Å²) in [5.74, 6) is -0.302. The molecule has 5 heteroatoms. The molecular formula is C20H28N2O3. The smallest absolute Gasteiger partial charge is 0.251 e. The first kappa shape index (κ1) is 19.2. The third-order valence-corrected chi connectivity index (χ3v) is 4.31. The lowest BCUT2D eigenvalue weighted by molar-refractivity contribution is 0.0948. The van der Waals surface area contributed by atoms with E-state index in [-0.39, 0.29) is 11.8 Å². The van der Waals surface area contributed by atoms with Gasteiger partial charge in [-0.05, 0) is 56.7 Å². The van der Waals surface area contributed by atoms with Gasteiger partial charge in [0.15, 0.2) is 0 Å². The van der Waals surface area contributed by atoms with E-state index in [0.29, 0.717) is 30.8 Å². The van der Waals surface area contributed by atoms with Gasteiger partial charge in [0, 0.05) is 37.9 Å². The fourth-order valence-electron chi connectivity index (χ4n) is 2.89. The van der Waals surface area contributed by atoms with Crippen molar-refractivity contribution in [2.45, 2.75) is 38.5 Å². The predicted molar refractivity (Wildman–Crippen MR) is 98.8 cm³/mol. The van der Waals surface area contributed by atoms with Gasteiger partial charge in [0.05, 0.1) is 0 Å². The molecule has 5 nitrogen and oxygen atoms in total. The van der Waals surface area contributed by atoms with Gasteiger partial charge < -0.3 is 15.4 Å². The summed E-state index contributed by atoms with van der Waals surface area (Å²) in [6, 6.07) is 6.83. The van der Waals surface area contributed by atoms with Gasteiger partial charge in [-0.25, -0.2) is 0 Å². The van der Waals surface area contributed by atoms with E-state index in [1.807, 2.05) is 0 Å². The van der Waals surface area contributed by atoms with Crippen LogP contribution in [0.2, 0.25) is 0 Å². The summed E-state index contributed by atoms with van der Waals surface area (Å²) in [4.78, 5) is 24.4. The second-order valence-corrected chi connectivity index (χ2v) is 6.30. The molecule has 0 aromatic heterocycles. The number of nitrogens with one attached hydrogen (secondary N) is 2. The monoisotopic (exact) mass is 344 g/mol. The number of hydrogen-bond acceptors (Lipinski definition) is 3. The summed E-state index contributed by atoms with van der Waals surface area (Å²) in [7, 11) is 1.63. The Hall–Kier alpha value is -2.14. The Labute approximate surface area is 149 Å². The van der Waals surface area contributed by atoms with Crippen molar-refractivity contribution in [1.29, 1.82) is 0 Å². The molecule has 0 radical (unpaired) electrons. The van der Waals surface area contributed by atoms with Gasteiger partial charge in [0.25, 0.3) is 11.8 Å². The average molecular weight is 344 g/mol. The molecule has 0 spiro atoms. The lowest BCUT2D eigenvalue weighted by Crippen LogP contribution is -2.27. The van der Waals surface area contributed by atoms with Crippen LogP contribution in [0.5, 0.6) is 0 Å². The topological polar surface area (TPSA) is 67.4 Å². The first-order valence-electron chi connectivity index (χ1n) is 9.04. The Morgan fingerprint density at radius 2 is 1.80 bits per heavy atom. The highest BCUT2D eigenvalue weighted by Gasteiger charge is 2.10. The van der Waals surface area contributed by atoms with Crippen molar-refractivity contribution in [1.82, 2.24) is 10.6 Å². The quantitative estimate of drug-likeness (QED) is 0.534. The van der Waals surface area contributed by atoms with Crippen molar-refractivity contribution in [2.24, 2.45) is 0 Å². The zero-order valence-corrected chi connectivity index (χ0v) is 15.0. The summed E-state index contributed by atoms with van der Waals surface area (Å²) in [5, 5.41) is 5.77. The number of benzene rings is 1. The molecule has 0 atom stereocenters. The Morgan fingerprint density at radius 1 is 1.08 bits per heavy atom. The third-order valence-electron chi connectivity index (χ3n) is 4.31. The van der Waals surface area contributed by atoms with Crippen molar-refractivity contribution in [3.05, 3.63) is 47.0 Å². The van der Waals surface area contributed by atoms with Gasteiger partial charge in [0.1, 0.15) is 0 Å². The molecule has 1 aromatic carbocycles. The molecule has 0 heterocycles. The zero-order valence-electron chi connectivity index (χ0n) is 15.0. The molecule has 1 aliphatic rings. The van der Waals surface area contributed by atoms with E-state index in [9.17, 15) is 9.59 Å². The van der Waals surface area contributed by atoms with Crippen molar-refractivity contribution >= 4 is 11.8 Å². The average Bonchev–Trinajstić information content (AvgIpc) is 2.66. The Kier molecular flexibility index (Phi) is 8.19. The number of ether oxygens (including phenoxy) is 1. The van der Waals surface area contributed by atoms with Gasteiger partial charge in [-0.15, -0.1) is 0 Å². The zero-order chi connectivity index (χ0) is 17.9. The van der Waals surface area contributed by atoms with E-state index in [0.717, 1.165) is 25.7 Å². The lowest BCUT2D eigenvalue weighted by Gasteiger charge is -2.13. The van der Waals surface area contributed by atoms with Crippen molar-refractivity contribution in [3.8, 4) is 0 Å². The molecule has 0 saturated carbocycles. The molecule has 0 unspecified atom stereocenters. The van der Waals surface area contributed by atoms with Crippen LogP contribution in [0.3, 0.4) is 0 Å². The predicted octanol–water partition coefficient (Wildman–Crippen LogP) is 3.07. The molecule has 2 N–H and O–H groups in total. The molecule has 1 aliphatic carbocycles. The normalized spacial score (nSPS) is 13.9. The van der Waals surface area contributed by atoms with Crippen LogP contribution in [-0.4, -0.2) is 38.6 Å². The second-order valence-electron chi connectivity index (χ2n) is 6.30. The number of hydrogen-bond donors (Lipinski definition) is 2. The van der Waals surface area contributed by atoms with Crippen LogP contribution < -0.4 is 10.6 Å². The highest BCUT2D eigenvalue weighted by Crippen LogP contribution is 2.19. The minimum Gasteiger partial charge on any atom is -0.385 e. The number of methoxy groups -OCH3 is 1. The van der Waals surface area contributed by atoms with E-state index >= 15 is 0 Å². The minimum atomic E-state index is -0.168. The van der Waals surface area contributed by atoms with E-state index in [1.54, 1.807) is 31.4 Å². The van der Waals surface area contributed by atoms with E-state index in [2.05, 4.69) is 16.7 Å². The molecule has 0 bridgehead atoms. The minimum absolute atomic E-state index is 0.134. The van der Waals surface area contributed by atoms with Gasteiger partial charge in [-0.3, -0.25) is 9.59 Å². The molecule has 0 fully saturated rings. The van der Waals surface area contributed by atoms with Crippen LogP contribution in [0.25, 0.3) is 0 Å². The summed E-state index contributed by atoms with van der Waals surface area (Å²) in [6.45, 7) is 1.80. The maximum absolute atomic E-state index is 12.3. The van der Waals surface area contributed by atoms with Gasteiger partial charge >= 0.3 is 0 Å². The second kappa shape index (κ2) is 10.7. The maximum Gasteiger partial charge on any atom is 0.251 e. The van der Waals surface area contributed by atoms with Crippen LogP contribution >= 0.6 is 0 Å². The number of carbonyl (C=O) groups is 2. The molecule has 0 saturated heterocycles. The highest BCUT2D eigenvalue weighted by atomic mass is 16.5. The first-order chi connectivity index (χ1) is 12.2.